The number of ether oxygens (including phenoxy) is 2. The number of piperazine rings is 1. The van der Waals surface area contributed by atoms with E-state index in [9.17, 15) is 4.79 Å². The number of morpholine rings is 1. The number of hydrogen-bond donors (Lipinski definition) is 1. The molecule has 3 aliphatic rings. The number of anilines is 2. The zero-order valence-electron chi connectivity index (χ0n) is 20.3. The molecule has 5 rings (SSSR count). The fraction of sp³-hybridized carbons (Fsp3) is 0.609. The molecule has 2 saturated heterocycles. The van der Waals surface area contributed by atoms with Crippen LogP contribution in [-0.4, -0.2) is 119 Å². The lowest BCUT2D eigenvalue weighted by Crippen LogP contribution is -2.56. The Kier molecular flexibility index (Phi) is 6.82. The third kappa shape index (κ3) is 5.38. The number of amides is 2. The van der Waals surface area contributed by atoms with Crippen LogP contribution in [0.2, 0.25) is 0 Å². The predicted molar refractivity (Wildman–Crippen MR) is 130 cm³/mol. The second kappa shape index (κ2) is 10.2. The number of aromatic nitrogens is 4. The maximum atomic E-state index is 12.9. The molecule has 35 heavy (non-hydrogen) atoms. The number of urea groups is 1. The lowest BCUT2D eigenvalue weighted by molar-refractivity contribution is 0.0295. The summed E-state index contributed by atoms with van der Waals surface area (Å²) in [7, 11) is 3.98. The average molecular weight is 484 g/mol. The molecule has 0 spiro atoms. The van der Waals surface area contributed by atoms with Gasteiger partial charge in [-0.05, 0) is 7.05 Å². The molecule has 188 valence electrons. The van der Waals surface area contributed by atoms with Crippen molar-refractivity contribution in [2.45, 2.75) is 25.0 Å². The fourth-order valence-electron chi connectivity index (χ4n) is 4.49. The maximum Gasteiger partial charge on any atom is 0.320 e. The van der Waals surface area contributed by atoms with E-state index in [1.165, 1.54) is 0 Å². The van der Waals surface area contributed by atoms with E-state index in [0.717, 1.165) is 44.6 Å². The minimum Gasteiger partial charge on any atom is -0.474 e. The van der Waals surface area contributed by atoms with E-state index in [-0.39, 0.29) is 24.1 Å². The van der Waals surface area contributed by atoms with E-state index in [0.29, 0.717) is 43.8 Å². The van der Waals surface area contributed by atoms with Gasteiger partial charge >= 0.3 is 6.03 Å². The highest BCUT2D eigenvalue weighted by atomic mass is 16.5. The van der Waals surface area contributed by atoms with Crippen molar-refractivity contribution in [2.24, 2.45) is 0 Å². The quantitative estimate of drug-likeness (QED) is 0.645. The van der Waals surface area contributed by atoms with Gasteiger partial charge < -0.3 is 34.8 Å². The number of nitrogen functional groups attached to an aromatic ring is 1. The van der Waals surface area contributed by atoms with Crippen molar-refractivity contribution < 1.29 is 14.3 Å². The first-order valence-electron chi connectivity index (χ1n) is 12.1. The standard InChI is InChI=1S/C23H33N9O3/c1-29-3-5-32(6-4-29)23(33)30(2)17-11-18(12-17)35-20-13-19(16-14-25-21(24)26-15-16)27-22(28-20)31-7-9-34-10-8-31/h13-15,17-18H,3-12H2,1-2H3,(H2,24,25,26). The Labute approximate surface area is 205 Å². The molecule has 0 atom stereocenters. The van der Waals surface area contributed by atoms with E-state index in [1.54, 1.807) is 12.4 Å². The third-order valence-corrected chi connectivity index (χ3v) is 6.93. The van der Waals surface area contributed by atoms with Gasteiger partial charge in [0.15, 0.2) is 0 Å². The van der Waals surface area contributed by atoms with E-state index in [2.05, 4.69) is 31.8 Å². The van der Waals surface area contributed by atoms with Crippen LogP contribution in [0.15, 0.2) is 18.5 Å². The van der Waals surface area contributed by atoms with Gasteiger partial charge in [-0.1, -0.05) is 0 Å². The van der Waals surface area contributed by atoms with Crippen LogP contribution >= 0.6 is 0 Å². The SMILES string of the molecule is CN1CCN(C(=O)N(C)C2CC(Oc3cc(-c4cnc(N)nc4)nc(N4CCOCC4)n3)C2)CC1. The summed E-state index contributed by atoms with van der Waals surface area (Å²) in [5.74, 6) is 1.31. The molecule has 0 radical (unpaired) electrons. The zero-order chi connectivity index (χ0) is 24.4. The molecular formula is C23H33N9O3. The first kappa shape index (κ1) is 23.5. The van der Waals surface area contributed by atoms with Gasteiger partial charge in [0.2, 0.25) is 17.8 Å². The summed E-state index contributed by atoms with van der Waals surface area (Å²) in [4.78, 5) is 38.6. The predicted octanol–water partition coefficient (Wildman–Crippen LogP) is 0.561. The van der Waals surface area contributed by atoms with Crippen LogP contribution in [0.5, 0.6) is 5.88 Å². The van der Waals surface area contributed by atoms with Crippen molar-refractivity contribution in [3.8, 4) is 17.1 Å². The van der Waals surface area contributed by atoms with Crippen LogP contribution in [0, 0.1) is 0 Å². The van der Waals surface area contributed by atoms with Crippen LogP contribution in [0.25, 0.3) is 11.3 Å². The summed E-state index contributed by atoms with van der Waals surface area (Å²) in [5, 5.41) is 0. The molecular weight excluding hydrogens is 450 g/mol. The highest BCUT2D eigenvalue weighted by Crippen LogP contribution is 2.31. The molecule has 1 saturated carbocycles. The molecule has 0 bridgehead atoms. The Morgan fingerprint density at radius 2 is 1.77 bits per heavy atom. The minimum atomic E-state index is -0.00861. The van der Waals surface area contributed by atoms with Gasteiger partial charge in [0, 0.05) is 89.2 Å². The number of carbonyl (C=O) groups excluding carboxylic acids is 1. The molecule has 1 aliphatic carbocycles. The van der Waals surface area contributed by atoms with Gasteiger partial charge in [-0.2, -0.15) is 4.98 Å². The van der Waals surface area contributed by atoms with Crippen LogP contribution < -0.4 is 15.4 Å². The Morgan fingerprint density at radius 1 is 1.09 bits per heavy atom. The summed E-state index contributed by atoms with van der Waals surface area (Å²) in [6.45, 7) is 6.06. The van der Waals surface area contributed by atoms with E-state index in [4.69, 9.17) is 20.2 Å². The van der Waals surface area contributed by atoms with Gasteiger partial charge in [0.1, 0.15) is 6.10 Å². The molecule has 12 nitrogen and oxygen atoms in total. The molecule has 2 amide bonds. The molecule has 0 unspecified atom stereocenters. The first-order chi connectivity index (χ1) is 17.0. The molecule has 2 aliphatic heterocycles. The first-order valence-corrected chi connectivity index (χ1v) is 12.1. The summed E-state index contributed by atoms with van der Waals surface area (Å²) in [6, 6.07) is 2.08. The molecule has 4 heterocycles. The van der Waals surface area contributed by atoms with Crippen molar-refractivity contribution in [3.05, 3.63) is 18.5 Å². The van der Waals surface area contributed by atoms with E-state index >= 15 is 0 Å². The summed E-state index contributed by atoms with van der Waals surface area (Å²) in [5.41, 5.74) is 7.07. The summed E-state index contributed by atoms with van der Waals surface area (Å²) < 4.78 is 11.7. The Hall–Kier alpha value is -3.25. The smallest absolute Gasteiger partial charge is 0.320 e. The largest absolute Gasteiger partial charge is 0.474 e. The van der Waals surface area contributed by atoms with E-state index in [1.807, 2.05) is 22.9 Å². The zero-order valence-corrected chi connectivity index (χ0v) is 20.3. The Balaban J connectivity index is 1.25. The van der Waals surface area contributed by atoms with Gasteiger partial charge in [-0.3, -0.25) is 0 Å². The highest BCUT2D eigenvalue weighted by Gasteiger charge is 2.38. The topological polar surface area (TPSA) is 126 Å². The summed E-state index contributed by atoms with van der Waals surface area (Å²) in [6.07, 6.45) is 4.83. The third-order valence-electron chi connectivity index (χ3n) is 6.93. The monoisotopic (exact) mass is 483 g/mol. The highest BCUT2D eigenvalue weighted by molar-refractivity contribution is 5.74. The van der Waals surface area contributed by atoms with Gasteiger partial charge in [-0.25, -0.2) is 19.7 Å². The molecule has 2 N–H and O–H groups in total. The van der Waals surface area contributed by atoms with Crippen LogP contribution in [0.4, 0.5) is 16.7 Å². The Bertz CT molecular complexity index is 1020. The fourth-order valence-corrected chi connectivity index (χ4v) is 4.49. The Morgan fingerprint density at radius 3 is 2.46 bits per heavy atom. The molecule has 0 aromatic carbocycles. The van der Waals surface area contributed by atoms with Crippen molar-refractivity contribution in [1.29, 1.82) is 0 Å². The average Bonchev–Trinajstić information content (AvgIpc) is 2.86. The number of likely N-dealkylation sites (N-methyl/N-ethyl adjacent to an activating group) is 1. The normalized spacial score (nSPS) is 23.0. The van der Waals surface area contributed by atoms with Crippen molar-refractivity contribution in [1.82, 2.24) is 34.6 Å². The van der Waals surface area contributed by atoms with Crippen LogP contribution in [-0.2, 0) is 4.74 Å². The molecule has 12 heteroatoms. The van der Waals surface area contributed by atoms with Crippen LogP contribution in [0.3, 0.4) is 0 Å². The number of rotatable bonds is 5. The molecule has 3 fully saturated rings. The minimum absolute atomic E-state index is 0.00861. The second-order valence-electron chi connectivity index (χ2n) is 9.37. The van der Waals surface area contributed by atoms with Crippen molar-refractivity contribution >= 4 is 17.9 Å². The lowest BCUT2D eigenvalue weighted by atomic mass is 9.88. The van der Waals surface area contributed by atoms with Crippen molar-refractivity contribution in [3.63, 3.8) is 0 Å². The van der Waals surface area contributed by atoms with Crippen LogP contribution in [0.1, 0.15) is 12.8 Å². The maximum absolute atomic E-state index is 12.9. The molecule has 2 aromatic heterocycles. The molecule has 2 aromatic rings. The number of nitrogens with two attached hydrogens (primary N) is 1. The number of carbonyl (C=O) groups is 1. The van der Waals surface area contributed by atoms with Gasteiger partial charge in [0.25, 0.3) is 0 Å². The summed E-state index contributed by atoms with van der Waals surface area (Å²) >= 11 is 0. The van der Waals surface area contributed by atoms with Gasteiger partial charge in [-0.15, -0.1) is 0 Å². The second-order valence-corrected chi connectivity index (χ2v) is 9.37. The number of hydrogen-bond acceptors (Lipinski definition) is 10. The van der Waals surface area contributed by atoms with Crippen molar-refractivity contribution in [2.75, 3.05) is 77.2 Å². The van der Waals surface area contributed by atoms with E-state index < -0.39 is 0 Å². The van der Waals surface area contributed by atoms with Gasteiger partial charge in [0.05, 0.1) is 18.9 Å². The lowest BCUT2D eigenvalue weighted by Gasteiger charge is -2.43. The number of nitrogens with zero attached hydrogens (tertiary/aromatic N) is 8.